The third-order valence-electron chi connectivity index (χ3n) is 4.15. The number of nitrogens with two attached hydrogens (primary N) is 1. The number of nitrogens with one attached hydrogen (secondary N) is 1. The predicted molar refractivity (Wildman–Crippen MR) is 103 cm³/mol. The van der Waals surface area contributed by atoms with Crippen LogP contribution in [0.15, 0.2) is 63.9 Å². The normalized spacial score (nSPS) is 15.0. The summed E-state index contributed by atoms with van der Waals surface area (Å²) in [7, 11) is -3.74. The highest BCUT2D eigenvalue weighted by Gasteiger charge is 2.24. The van der Waals surface area contributed by atoms with E-state index in [1.165, 1.54) is 12.1 Å². The summed E-state index contributed by atoms with van der Waals surface area (Å²) < 4.78 is 28.4. The number of hydrogen-bond acceptors (Lipinski definition) is 4. The first-order valence-corrected chi connectivity index (χ1v) is 9.80. The Morgan fingerprint density at radius 3 is 2.48 bits per heavy atom. The van der Waals surface area contributed by atoms with Crippen molar-refractivity contribution < 1.29 is 17.6 Å². The fraction of sp³-hybridized carbons (Fsp3) is 0. The number of sulfonamides is 1. The number of carbonyl (C=O) groups excluding carboxylic acids is 1. The topological polar surface area (TPSA) is 102 Å². The van der Waals surface area contributed by atoms with Gasteiger partial charge in [0.05, 0.1) is 16.2 Å². The highest BCUT2D eigenvalue weighted by Crippen LogP contribution is 2.35. The quantitative estimate of drug-likeness (QED) is 0.653. The van der Waals surface area contributed by atoms with E-state index >= 15 is 0 Å². The molecule has 3 N–H and O–H groups in total. The van der Waals surface area contributed by atoms with E-state index in [2.05, 4.69) is 5.32 Å². The van der Waals surface area contributed by atoms with Gasteiger partial charge in [0, 0.05) is 16.1 Å². The molecule has 1 aliphatic heterocycles. The van der Waals surface area contributed by atoms with Crippen molar-refractivity contribution in [1.82, 2.24) is 0 Å². The molecule has 0 bridgehead atoms. The fourth-order valence-corrected chi connectivity index (χ4v) is 3.53. The van der Waals surface area contributed by atoms with Crippen molar-refractivity contribution in [2.45, 2.75) is 4.90 Å². The van der Waals surface area contributed by atoms with Gasteiger partial charge >= 0.3 is 0 Å². The lowest BCUT2D eigenvalue weighted by Crippen LogP contribution is -2.11. The molecule has 0 aliphatic carbocycles. The van der Waals surface area contributed by atoms with Gasteiger partial charge in [0.25, 0.3) is 5.91 Å². The SMILES string of the molecule is NS(=O)(=O)c1ccc(-c2ccc(/C=C3/C(=O)Nc4cc(Cl)ccc43)o2)cc1. The smallest absolute Gasteiger partial charge is 0.256 e. The van der Waals surface area contributed by atoms with Crippen LogP contribution >= 0.6 is 11.6 Å². The van der Waals surface area contributed by atoms with Crippen molar-refractivity contribution >= 4 is 44.9 Å². The molecule has 1 aliphatic rings. The van der Waals surface area contributed by atoms with Crippen LogP contribution in [0.25, 0.3) is 23.0 Å². The first kappa shape index (κ1) is 17.5. The highest BCUT2D eigenvalue weighted by molar-refractivity contribution is 7.89. The molecule has 27 heavy (non-hydrogen) atoms. The average molecular weight is 401 g/mol. The molecule has 6 nitrogen and oxygen atoms in total. The average Bonchev–Trinajstić information content (AvgIpc) is 3.19. The summed E-state index contributed by atoms with van der Waals surface area (Å²) in [4.78, 5) is 12.2. The van der Waals surface area contributed by atoms with Crippen LogP contribution in [-0.2, 0) is 14.8 Å². The number of anilines is 1. The molecular formula is C19H13ClN2O4S. The second kappa shape index (κ2) is 6.38. The van der Waals surface area contributed by atoms with Gasteiger partial charge in [-0.25, -0.2) is 13.6 Å². The molecule has 8 heteroatoms. The zero-order valence-electron chi connectivity index (χ0n) is 13.8. The Labute approximate surface area is 160 Å². The number of carbonyl (C=O) groups is 1. The molecule has 0 fully saturated rings. The molecular weight excluding hydrogens is 388 g/mol. The van der Waals surface area contributed by atoms with E-state index in [0.717, 1.165) is 5.56 Å². The summed E-state index contributed by atoms with van der Waals surface area (Å²) in [6.45, 7) is 0. The molecule has 1 amide bonds. The number of benzene rings is 2. The number of fused-ring (bicyclic) bond motifs is 1. The Bertz CT molecular complexity index is 1190. The molecule has 0 saturated carbocycles. The molecule has 2 heterocycles. The maximum atomic E-state index is 12.2. The van der Waals surface area contributed by atoms with Crippen molar-refractivity contribution in [3.8, 4) is 11.3 Å². The van der Waals surface area contributed by atoms with Gasteiger partial charge in [0.15, 0.2) is 0 Å². The molecule has 4 rings (SSSR count). The summed E-state index contributed by atoms with van der Waals surface area (Å²) in [6.07, 6.45) is 1.65. The van der Waals surface area contributed by atoms with E-state index in [1.807, 2.05) is 0 Å². The van der Waals surface area contributed by atoms with Crippen molar-refractivity contribution in [3.05, 3.63) is 70.9 Å². The number of furan rings is 1. The summed E-state index contributed by atoms with van der Waals surface area (Å²) in [6, 6.07) is 14.7. The van der Waals surface area contributed by atoms with E-state index in [9.17, 15) is 13.2 Å². The minimum atomic E-state index is -3.74. The molecule has 0 unspecified atom stereocenters. The second-order valence-corrected chi connectivity index (χ2v) is 7.97. The second-order valence-electron chi connectivity index (χ2n) is 5.97. The van der Waals surface area contributed by atoms with Crippen LogP contribution in [0.2, 0.25) is 5.02 Å². The van der Waals surface area contributed by atoms with Crippen molar-refractivity contribution in [3.63, 3.8) is 0 Å². The van der Waals surface area contributed by atoms with Gasteiger partial charge in [-0.15, -0.1) is 0 Å². The van der Waals surface area contributed by atoms with Crippen molar-refractivity contribution in [2.24, 2.45) is 5.14 Å². The fourth-order valence-electron chi connectivity index (χ4n) is 2.85. The molecule has 2 aromatic carbocycles. The van der Waals surface area contributed by atoms with Gasteiger partial charge in [-0.2, -0.15) is 0 Å². The summed E-state index contributed by atoms with van der Waals surface area (Å²) in [5.74, 6) is 0.800. The van der Waals surface area contributed by atoms with Crippen LogP contribution in [0.3, 0.4) is 0 Å². The molecule has 3 aromatic rings. The Hall–Kier alpha value is -2.87. The van der Waals surface area contributed by atoms with E-state index in [1.54, 1.807) is 48.5 Å². The zero-order chi connectivity index (χ0) is 19.2. The molecule has 136 valence electrons. The minimum absolute atomic E-state index is 0.0260. The highest BCUT2D eigenvalue weighted by atomic mass is 35.5. The van der Waals surface area contributed by atoms with Crippen LogP contribution < -0.4 is 10.5 Å². The molecule has 0 atom stereocenters. The van der Waals surface area contributed by atoms with Gasteiger partial charge in [0.1, 0.15) is 11.5 Å². The maximum absolute atomic E-state index is 12.2. The van der Waals surface area contributed by atoms with E-state index in [4.69, 9.17) is 21.2 Å². The van der Waals surface area contributed by atoms with Crippen LogP contribution in [-0.4, -0.2) is 14.3 Å². The third-order valence-corrected chi connectivity index (χ3v) is 5.31. The van der Waals surface area contributed by atoms with Crippen LogP contribution in [0.5, 0.6) is 0 Å². The van der Waals surface area contributed by atoms with Crippen molar-refractivity contribution in [2.75, 3.05) is 5.32 Å². The largest absolute Gasteiger partial charge is 0.457 e. The van der Waals surface area contributed by atoms with E-state index in [-0.39, 0.29) is 10.8 Å². The van der Waals surface area contributed by atoms with Crippen molar-refractivity contribution in [1.29, 1.82) is 0 Å². The van der Waals surface area contributed by atoms with Gasteiger partial charge in [-0.05, 0) is 54.6 Å². The van der Waals surface area contributed by atoms with E-state index < -0.39 is 10.0 Å². The summed E-state index contributed by atoms with van der Waals surface area (Å²) in [5.41, 5.74) is 2.58. The first-order valence-electron chi connectivity index (χ1n) is 7.87. The van der Waals surface area contributed by atoms with Gasteiger partial charge < -0.3 is 9.73 Å². The lowest BCUT2D eigenvalue weighted by atomic mass is 10.1. The number of hydrogen-bond donors (Lipinski definition) is 2. The predicted octanol–water partition coefficient (Wildman–Crippen LogP) is 3.74. The Balaban J connectivity index is 1.66. The molecule has 0 saturated heterocycles. The Kier molecular flexibility index (Phi) is 4.15. The third kappa shape index (κ3) is 3.40. The van der Waals surface area contributed by atoms with Crippen LogP contribution in [0, 0.1) is 0 Å². The number of primary sulfonamides is 1. The van der Waals surface area contributed by atoms with Gasteiger partial charge in [-0.1, -0.05) is 17.7 Å². The van der Waals surface area contributed by atoms with E-state index in [0.29, 0.717) is 33.4 Å². The standard InChI is InChI=1S/C19H13ClN2O4S/c20-12-3-7-15-16(19(23)22-17(15)9-12)10-13-4-8-18(26-13)11-1-5-14(6-2-11)27(21,24)25/h1-10H,(H,22,23)(H2,21,24,25)/b16-10+. The maximum Gasteiger partial charge on any atom is 0.256 e. The van der Waals surface area contributed by atoms with Crippen LogP contribution in [0.1, 0.15) is 11.3 Å². The number of halogens is 1. The monoisotopic (exact) mass is 400 g/mol. The number of rotatable bonds is 3. The Morgan fingerprint density at radius 2 is 1.78 bits per heavy atom. The van der Waals surface area contributed by atoms with Crippen LogP contribution in [0.4, 0.5) is 5.69 Å². The Morgan fingerprint density at radius 1 is 1.04 bits per heavy atom. The lowest BCUT2D eigenvalue weighted by Gasteiger charge is -2.00. The van der Waals surface area contributed by atoms with Gasteiger partial charge in [0.2, 0.25) is 10.0 Å². The number of amides is 1. The zero-order valence-corrected chi connectivity index (χ0v) is 15.3. The summed E-state index contributed by atoms with van der Waals surface area (Å²) in [5, 5.41) is 8.40. The first-order chi connectivity index (χ1) is 12.8. The molecule has 0 spiro atoms. The molecule has 0 radical (unpaired) electrons. The minimum Gasteiger partial charge on any atom is -0.457 e. The molecule has 1 aromatic heterocycles. The lowest BCUT2D eigenvalue weighted by molar-refractivity contribution is -0.110. The van der Waals surface area contributed by atoms with Gasteiger partial charge in [-0.3, -0.25) is 4.79 Å². The summed E-state index contributed by atoms with van der Waals surface area (Å²) >= 11 is 5.95.